The van der Waals surface area contributed by atoms with Gasteiger partial charge in [0.2, 0.25) is 0 Å². The lowest BCUT2D eigenvalue weighted by molar-refractivity contribution is -0.0688. The molecule has 4 aliphatic carbocycles. The van der Waals surface area contributed by atoms with E-state index in [4.69, 9.17) is 16.0 Å². The maximum absolute atomic E-state index is 12.8. The van der Waals surface area contributed by atoms with Crippen molar-refractivity contribution in [1.29, 1.82) is 0 Å². The van der Waals surface area contributed by atoms with E-state index < -0.39 is 0 Å². The van der Waals surface area contributed by atoms with E-state index in [0.29, 0.717) is 28.5 Å². The van der Waals surface area contributed by atoms with Crippen molar-refractivity contribution < 1.29 is 9.21 Å². The molecule has 0 aromatic carbocycles. The first-order valence-electron chi connectivity index (χ1n) is 10.1. The monoisotopic (exact) mass is 387 g/mol. The highest BCUT2D eigenvalue weighted by atomic mass is 35.5. The molecule has 2 aromatic rings. The SMILES string of the molecule is C[C@H](NC(=O)c1ccc(Cn2cc(Cl)cn2)o1)C12CC3CC(CC(C3)C1)C2. The van der Waals surface area contributed by atoms with Crippen LogP contribution in [0.2, 0.25) is 5.02 Å². The van der Waals surface area contributed by atoms with Gasteiger partial charge < -0.3 is 9.73 Å². The summed E-state index contributed by atoms with van der Waals surface area (Å²) in [7, 11) is 0. The molecule has 27 heavy (non-hydrogen) atoms. The van der Waals surface area contributed by atoms with E-state index in [0.717, 1.165) is 17.8 Å². The van der Waals surface area contributed by atoms with Gasteiger partial charge >= 0.3 is 0 Å². The van der Waals surface area contributed by atoms with Crippen LogP contribution in [-0.2, 0) is 6.54 Å². The minimum absolute atomic E-state index is 0.108. The molecule has 0 aliphatic heterocycles. The zero-order valence-corrected chi connectivity index (χ0v) is 16.4. The Balaban J connectivity index is 1.25. The van der Waals surface area contributed by atoms with Crippen molar-refractivity contribution in [3.05, 3.63) is 41.1 Å². The number of halogens is 1. The van der Waals surface area contributed by atoms with Crippen LogP contribution in [-0.4, -0.2) is 21.7 Å². The number of furan rings is 1. The average molecular weight is 388 g/mol. The molecular formula is C21H26ClN3O2. The van der Waals surface area contributed by atoms with E-state index in [1.165, 1.54) is 38.5 Å². The lowest BCUT2D eigenvalue weighted by Gasteiger charge is -2.59. The average Bonchev–Trinajstić information content (AvgIpc) is 3.23. The summed E-state index contributed by atoms with van der Waals surface area (Å²) in [4.78, 5) is 12.8. The van der Waals surface area contributed by atoms with Gasteiger partial charge in [0.05, 0.1) is 17.8 Å². The second-order valence-electron chi connectivity index (χ2n) is 9.10. The molecule has 4 saturated carbocycles. The molecule has 6 heteroatoms. The number of hydrogen-bond donors (Lipinski definition) is 1. The maximum atomic E-state index is 12.8. The quantitative estimate of drug-likeness (QED) is 0.820. The summed E-state index contributed by atoms with van der Waals surface area (Å²) in [5.74, 6) is 3.61. The van der Waals surface area contributed by atoms with Crippen LogP contribution in [0.15, 0.2) is 28.9 Å². The summed E-state index contributed by atoms with van der Waals surface area (Å²) in [6, 6.07) is 3.78. The second-order valence-corrected chi connectivity index (χ2v) is 9.53. The van der Waals surface area contributed by atoms with Crippen LogP contribution in [0.1, 0.15) is 61.8 Å². The molecule has 1 N–H and O–H groups in total. The molecule has 0 spiro atoms. The zero-order valence-electron chi connectivity index (χ0n) is 15.7. The number of nitrogens with one attached hydrogen (secondary N) is 1. The summed E-state index contributed by atoms with van der Waals surface area (Å²) in [6.45, 7) is 2.66. The number of nitrogens with zero attached hydrogens (tertiary/aromatic N) is 2. The minimum atomic E-state index is -0.108. The van der Waals surface area contributed by atoms with Crippen LogP contribution in [0.25, 0.3) is 0 Å². The topological polar surface area (TPSA) is 60.1 Å². The van der Waals surface area contributed by atoms with Crippen LogP contribution in [0.4, 0.5) is 0 Å². The van der Waals surface area contributed by atoms with E-state index in [1.807, 2.05) is 6.07 Å². The molecule has 6 rings (SSSR count). The van der Waals surface area contributed by atoms with Gasteiger partial charge in [-0.15, -0.1) is 0 Å². The van der Waals surface area contributed by atoms with Crippen molar-refractivity contribution in [2.24, 2.45) is 23.2 Å². The van der Waals surface area contributed by atoms with Crippen molar-refractivity contribution in [3.63, 3.8) is 0 Å². The fraction of sp³-hybridized carbons (Fsp3) is 0.619. The van der Waals surface area contributed by atoms with Crippen molar-refractivity contribution in [3.8, 4) is 0 Å². The van der Waals surface area contributed by atoms with Crippen molar-refractivity contribution in [2.75, 3.05) is 0 Å². The third-order valence-electron chi connectivity index (χ3n) is 7.16. The second kappa shape index (κ2) is 6.40. The molecule has 1 atom stereocenters. The molecule has 0 saturated heterocycles. The third kappa shape index (κ3) is 3.20. The first-order chi connectivity index (χ1) is 13.0. The molecule has 144 valence electrons. The van der Waals surface area contributed by atoms with Crippen molar-refractivity contribution >= 4 is 17.5 Å². The minimum Gasteiger partial charge on any atom is -0.454 e. The third-order valence-corrected chi connectivity index (χ3v) is 7.35. The summed E-state index contributed by atoms with van der Waals surface area (Å²) in [5, 5.41) is 7.99. The predicted molar refractivity (Wildman–Crippen MR) is 103 cm³/mol. The number of amides is 1. The first-order valence-corrected chi connectivity index (χ1v) is 10.4. The van der Waals surface area contributed by atoms with Crippen molar-refractivity contribution in [1.82, 2.24) is 15.1 Å². The van der Waals surface area contributed by atoms with E-state index in [-0.39, 0.29) is 11.9 Å². The Hall–Kier alpha value is -1.75. The summed E-state index contributed by atoms with van der Waals surface area (Å²) >= 11 is 5.89. The number of hydrogen-bond acceptors (Lipinski definition) is 3. The highest BCUT2D eigenvalue weighted by molar-refractivity contribution is 6.30. The molecule has 0 radical (unpaired) electrons. The Bertz CT molecular complexity index is 820. The summed E-state index contributed by atoms with van der Waals surface area (Å²) < 4.78 is 7.46. The van der Waals surface area contributed by atoms with Gasteiger partial charge in [-0.05, 0) is 80.8 Å². The van der Waals surface area contributed by atoms with E-state index in [1.54, 1.807) is 23.1 Å². The van der Waals surface area contributed by atoms with Crippen LogP contribution >= 0.6 is 11.6 Å². The largest absolute Gasteiger partial charge is 0.454 e. The Morgan fingerprint density at radius 3 is 2.56 bits per heavy atom. The molecule has 2 aromatic heterocycles. The van der Waals surface area contributed by atoms with Gasteiger partial charge in [-0.1, -0.05) is 11.6 Å². The fourth-order valence-electron chi connectivity index (χ4n) is 6.30. The fourth-order valence-corrected chi connectivity index (χ4v) is 6.45. The Labute approximate surface area is 164 Å². The Morgan fingerprint density at radius 2 is 1.96 bits per heavy atom. The van der Waals surface area contributed by atoms with Crippen LogP contribution in [0.5, 0.6) is 0 Å². The van der Waals surface area contributed by atoms with Gasteiger partial charge in [0.1, 0.15) is 5.76 Å². The molecule has 4 bridgehead atoms. The molecule has 4 fully saturated rings. The van der Waals surface area contributed by atoms with Gasteiger partial charge in [0.25, 0.3) is 5.91 Å². The van der Waals surface area contributed by atoms with Gasteiger partial charge in [-0.2, -0.15) is 5.10 Å². The number of carbonyl (C=O) groups is 1. The van der Waals surface area contributed by atoms with Gasteiger partial charge in [-0.3, -0.25) is 9.48 Å². The van der Waals surface area contributed by atoms with Gasteiger partial charge in [0, 0.05) is 12.2 Å². The normalized spacial score (nSPS) is 32.6. The molecule has 0 unspecified atom stereocenters. The van der Waals surface area contributed by atoms with Crippen LogP contribution in [0, 0.1) is 23.2 Å². The predicted octanol–water partition coefficient (Wildman–Crippen LogP) is 4.51. The molecule has 1 amide bonds. The molecule has 2 heterocycles. The van der Waals surface area contributed by atoms with E-state index in [2.05, 4.69) is 17.3 Å². The number of rotatable bonds is 5. The maximum Gasteiger partial charge on any atom is 0.287 e. The van der Waals surface area contributed by atoms with Gasteiger partial charge in [0.15, 0.2) is 5.76 Å². The molecular weight excluding hydrogens is 362 g/mol. The Morgan fingerprint density at radius 1 is 1.30 bits per heavy atom. The van der Waals surface area contributed by atoms with E-state index in [9.17, 15) is 4.79 Å². The molecule has 5 nitrogen and oxygen atoms in total. The van der Waals surface area contributed by atoms with Crippen LogP contribution < -0.4 is 5.32 Å². The number of carbonyl (C=O) groups excluding carboxylic acids is 1. The highest BCUT2D eigenvalue weighted by Gasteiger charge is 2.53. The lowest BCUT2D eigenvalue weighted by Crippen LogP contribution is -2.55. The van der Waals surface area contributed by atoms with Crippen LogP contribution in [0.3, 0.4) is 0 Å². The zero-order chi connectivity index (χ0) is 18.6. The summed E-state index contributed by atoms with van der Waals surface area (Å²) in [6.07, 6.45) is 11.4. The van der Waals surface area contributed by atoms with Gasteiger partial charge in [-0.25, -0.2) is 0 Å². The van der Waals surface area contributed by atoms with E-state index >= 15 is 0 Å². The highest BCUT2D eigenvalue weighted by Crippen LogP contribution is 2.61. The smallest absolute Gasteiger partial charge is 0.287 e. The Kier molecular flexibility index (Phi) is 4.12. The standard InChI is InChI=1S/C21H26ClN3O2/c1-13(21-7-14-4-15(8-21)6-16(5-14)9-21)24-20(26)19-3-2-18(27-19)12-25-11-17(22)10-23-25/h2-3,10-11,13-16H,4-9,12H2,1H3,(H,24,26)/t13-,14?,15?,16?,21?/m0/s1. The summed E-state index contributed by atoms with van der Waals surface area (Å²) in [5.41, 5.74) is 0.297. The van der Waals surface area contributed by atoms with Crippen molar-refractivity contribution in [2.45, 2.75) is 58.0 Å². The first kappa shape index (κ1) is 17.4. The number of aromatic nitrogens is 2. The lowest BCUT2D eigenvalue weighted by atomic mass is 9.48. The molecule has 4 aliphatic rings.